The topological polar surface area (TPSA) is 74.7 Å². The summed E-state index contributed by atoms with van der Waals surface area (Å²) in [5.74, 6) is -1.49. The third kappa shape index (κ3) is 2.26. The highest BCUT2D eigenvalue weighted by atomic mass is 16.4. The van der Waals surface area contributed by atoms with E-state index in [4.69, 9.17) is 5.11 Å². The molecule has 1 N–H and O–H groups in total. The van der Waals surface area contributed by atoms with Gasteiger partial charge >= 0.3 is 5.97 Å². The Morgan fingerprint density at radius 1 is 1.44 bits per heavy atom. The molecule has 0 aliphatic carbocycles. The van der Waals surface area contributed by atoms with Crippen molar-refractivity contribution in [1.29, 1.82) is 0 Å². The number of carboxylic acids is 1. The molecule has 0 aromatic rings. The standard InChI is InChI=1S/C13H21NO4/c1-8(2)13(5)6-9(15)14(10(13)16)7-12(3,4)11(17)18/h8H,6-7H2,1-5H3,(H,17,18). The quantitative estimate of drug-likeness (QED) is 0.773. The third-order valence-corrected chi connectivity index (χ3v) is 3.96. The molecule has 1 heterocycles. The summed E-state index contributed by atoms with van der Waals surface area (Å²) in [5.41, 5.74) is -1.82. The number of carbonyl (C=O) groups is 3. The van der Waals surface area contributed by atoms with E-state index in [9.17, 15) is 14.4 Å². The second-order valence-corrected chi connectivity index (χ2v) is 6.22. The van der Waals surface area contributed by atoms with Crippen molar-refractivity contribution >= 4 is 17.8 Å². The Morgan fingerprint density at radius 2 is 1.94 bits per heavy atom. The fourth-order valence-corrected chi connectivity index (χ4v) is 1.98. The molecule has 2 amide bonds. The zero-order valence-corrected chi connectivity index (χ0v) is 11.6. The van der Waals surface area contributed by atoms with Crippen molar-refractivity contribution in [2.24, 2.45) is 16.7 Å². The van der Waals surface area contributed by atoms with Crippen LogP contribution >= 0.6 is 0 Å². The van der Waals surface area contributed by atoms with Gasteiger partial charge in [0.05, 0.1) is 10.8 Å². The van der Waals surface area contributed by atoms with Gasteiger partial charge in [0.15, 0.2) is 0 Å². The first-order valence-corrected chi connectivity index (χ1v) is 6.10. The average molecular weight is 255 g/mol. The highest BCUT2D eigenvalue weighted by Crippen LogP contribution is 2.40. The van der Waals surface area contributed by atoms with E-state index >= 15 is 0 Å². The van der Waals surface area contributed by atoms with Gasteiger partial charge in [-0.2, -0.15) is 0 Å². The summed E-state index contributed by atoms with van der Waals surface area (Å²) in [6, 6.07) is 0. The van der Waals surface area contributed by atoms with Crippen LogP contribution in [0.4, 0.5) is 0 Å². The van der Waals surface area contributed by atoms with E-state index in [0.717, 1.165) is 4.90 Å². The van der Waals surface area contributed by atoms with Gasteiger partial charge in [0.25, 0.3) is 0 Å². The molecule has 102 valence electrons. The number of aliphatic carboxylic acids is 1. The van der Waals surface area contributed by atoms with Crippen LogP contribution in [0.5, 0.6) is 0 Å². The Hall–Kier alpha value is -1.39. The zero-order chi connectivity index (χ0) is 14.3. The van der Waals surface area contributed by atoms with Crippen LogP contribution in [0.1, 0.15) is 41.0 Å². The van der Waals surface area contributed by atoms with E-state index in [2.05, 4.69) is 0 Å². The van der Waals surface area contributed by atoms with Crippen molar-refractivity contribution in [2.75, 3.05) is 6.54 Å². The van der Waals surface area contributed by atoms with Gasteiger partial charge in [-0.3, -0.25) is 19.3 Å². The van der Waals surface area contributed by atoms with Gasteiger partial charge in [0.1, 0.15) is 0 Å². The first-order valence-electron chi connectivity index (χ1n) is 6.10. The molecule has 1 unspecified atom stereocenters. The molecular formula is C13H21NO4. The second-order valence-electron chi connectivity index (χ2n) is 6.22. The lowest BCUT2D eigenvalue weighted by atomic mass is 9.78. The van der Waals surface area contributed by atoms with Crippen molar-refractivity contribution in [1.82, 2.24) is 4.90 Å². The minimum absolute atomic E-state index is 0.0480. The lowest BCUT2D eigenvalue weighted by Crippen LogP contribution is -2.44. The molecule has 1 rings (SSSR count). The summed E-state index contributed by atoms with van der Waals surface area (Å²) in [4.78, 5) is 36.4. The van der Waals surface area contributed by atoms with Gasteiger partial charge in [-0.15, -0.1) is 0 Å². The molecule has 5 nitrogen and oxygen atoms in total. The van der Waals surface area contributed by atoms with E-state index in [0.29, 0.717) is 0 Å². The van der Waals surface area contributed by atoms with Crippen LogP contribution in [-0.2, 0) is 14.4 Å². The summed E-state index contributed by atoms with van der Waals surface area (Å²) in [7, 11) is 0. The van der Waals surface area contributed by atoms with Crippen molar-refractivity contribution in [2.45, 2.75) is 41.0 Å². The molecular weight excluding hydrogens is 234 g/mol. The molecule has 0 bridgehead atoms. The Balaban J connectivity index is 2.97. The molecule has 18 heavy (non-hydrogen) atoms. The van der Waals surface area contributed by atoms with Gasteiger partial charge in [-0.1, -0.05) is 13.8 Å². The number of carboxylic acid groups (broad SMARTS) is 1. The maximum Gasteiger partial charge on any atom is 0.310 e. The predicted molar refractivity (Wildman–Crippen MR) is 65.7 cm³/mol. The number of amides is 2. The van der Waals surface area contributed by atoms with E-state index in [1.54, 1.807) is 6.92 Å². The first-order chi connectivity index (χ1) is 8.02. The lowest BCUT2D eigenvalue weighted by Gasteiger charge is -2.29. The Morgan fingerprint density at radius 3 is 2.28 bits per heavy atom. The SMILES string of the molecule is CC(C)C1(C)CC(=O)N(CC(C)(C)C(=O)O)C1=O. The maximum absolute atomic E-state index is 12.3. The molecule has 0 saturated carbocycles. The highest BCUT2D eigenvalue weighted by Gasteiger charge is 2.51. The summed E-state index contributed by atoms with van der Waals surface area (Å²) in [6.07, 6.45) is 0.166. The van der Waals surface area contributed by atoms with Gasteiger partial charge < -0.3 is 5.11 Å². The normalized spacial score (nSPS) is 25.1. The van der Waals surface area contributed by atoms with Gasteiger partial charge in [-0.05, 0) is 26.7 Å². The molecule has 1 fully saturated rings. The smallest absolute Gasteiger partial charge is 0.310 e. The van der Waals surface area contributed by atoms with Crippen LogP contribution in [-0.4, -0.2) is 34.3 Å². The monoisotopic (exact) mass is 255 g/mol. The van der Waals surface area contributed by atoms with Crippen LogP contribution in [0.3, 0.4) is 0 Å². The fraction of sp³-hybridized carbons (Fsp3) is 0.769. The number of carbonyl (C=O) groups excluding carboxylic acids is 2. The minimum atomic E-state index is -1.12. The van der Waals surface area contributed by atoms with Crippen LogP contribution in [0.15, 0.2) is 0 Å². The number of rotatable bonds is 4. The fourth-order valence-electron chi connectivity index (χ4n) is 1.98. The van der Waals surface area contributed by atoms with E-state index in [1.807, 2.05) is 13.8 Å². The zero-order valence-electron chi connectivity index (χ0n) is 11.6. The number of likely N-dealkylation sites (tertiary alicyclic amines) is 1. The van der Waals surface area contributed by atoms with Gasteiger partial charge in [-0.25, -0.2) is 0 Å². The second kappa shape index (κ2) is 4.37. The van der Waals surface area contributed by atoms with Crippen LogP contribution < -0.4 is 0 Å². The number of hydrogen-bond donors (Lipinski definition) is 1. The van der Waals surface area contributed by atoms with Crippen LogP contribution in [0.25, 0.3) is 0 Å². The molecule has 0 aromatic heterocycles. The summed E-state index contributed by atoms with van der Waals surface area (Å²) >= 11 is 0. The predicted octanol–water partition coefficient (Wildman–Crippen LogP) is 1.52. The highest BCUT2D eigenvalue weighted by molar-refractivity contribution is 6.06. The van der Waals surface area contributed by atoms with Crippen LogP contribution in [0, 0.1) is 16.7 Å². The Labute approximate surface area is 107 Å². The molecule has 0 spiro atoms. The molecule has 1 saturated heterocycles. The van der Waals surface area contributed by atoms with E-state index < -0.39 is 16.8 Å². The third-order valence-electron chi connectivity index (χ3n) is 3.96. The summed E-state index contributed by atoms with van der Waals surface area (Å²) < 4.78 is 0. The minimum Gasteiger partial charge on any atom is -0.481 e. The van der Waals surface area contributed by atoms with Crippen molar-refractivity contribution in [3.8, 4) is 0 Å². The molecule has 0 aromatic carbocycles. The Bertz CT molecular complexity index is 400. The van der Waals surface area contributed by atoms with Crippen LogP contribution in [0.2, 0.25) is 0 Å². The molecule has 0 radical (unpaired) electrons. The maximum atomic E-state index is 12.3. The van der Waals surface area contributed by atoms with Crippen molar-refractivity contribution in [3.05, 3.63) is 0 Å². The van der Waals surface area contributed by atoms with Gasteiger partial charge in [0, 0.05) is 13.0 Å². The molecule has 5 heteroatoms. The Kier molecular flexibility index (Phi) is 3.56. The van der Waals surface area contributed by atoms with E-state index in [-0.39, 0.29) is 30.7 Å². The van der Waals surface area contributed by atoms with Crippen molar-refractivity contribution < 1.29 is 19.5 Å². The molecule has 1 aliphatic heterocycles. The van der Waals surface area contributed by atoms with Gasteiger partial charge in [0.2, 0.25) is 11.8 Å². The lowest BCUT2D eigenvalue weighted by molar-refractivity contribution is -0.151. The summed E-state index contributed by atoms with van der Waals surface area (Å²) in [5, 5.41) is 9.06. The average Bonchev–Trinajstić information content (AvgIpc) is 2.43. The first kappa shape index (κ1) is 14.7. The number of nitrogens with zero attached hydrogens (tertiary/aromatic N) is 1. The van der Waals surface area contributed by atoms with E-state index in [1.165, 1.54) is 13.8 Å². The molecule has 1 aliphatic rings. The summed E-state index contributed by atoms with van der Waals surface area (Å²) in [6.45, 7) is 8.53. The number of imide groups is 1. The molecule has 1 atom stereocenters. The largest absolute Gasteiger partial charge is 0.481 e. The number of hydrogen-bond acceptors (Lipinski definition) is 3. The van der Waals surface area contributed by atoms with Crippen molar-refractivity contribution in [3.63, 3.8) is 0 Å².